The number of ether oxygens (including phenoxy) is 1. The van der Waals surface area contributed by atoms with E-state index in [0.29, 0.717) is 31.7 Å². The van der Waals surface area contributed by atoms with Crippen molar-refractivity contribution in [2.45, 2.75) is 72.6 Å². The van der Waals surface area contributed by atoms with Crippen LogP contribution in [0.4, 0.5) is 5.69 Å². The lowest BCUT2D eigenvalue weighted by molar-refractivity contribution is 0.0904. The third-order valence-electron chi connectivity index (χ3n) is 8.55. The number of rotatable bonds is 12. The maximum Gasteiger partial charge on any atom is 0.270 e. The van der Waals surface area contributed by atoms with E-state index < -0.39 is 11.8 Å². The number of amides is 2. The van der Waals surface area contributed by atoms with Crippen LogP contribution in [0.15, 0.2) is 72.9 Å². The smallest absolute Gasteiger partial charge is 0.270 e. The van der Waals surface area contributed by atoms with Gasteiger partial charge in [0.05, 0.1) is 17.3 Å². The minimum Gasteiger partial charge on any atom is -0.381 e. The third-order valence-corrected chi connectivity index (χ3v) is 8.55. The fourth-order valence-electron chi connectivity index (χ4n) is 5.97. The Balaban J connectivity index is 0.00000239. The maximum atomic E-state index is 13.4. The van der Waals surface area contributed by atoms with E-state index in [2.05, 4.69) is 33.0 Å². The molecule has 50 heavy (non-hydrogen) atoms. The Morgan fingerprint density at radius 1 is 0.880 bits per heavy atom. The van der Waals surface area contributed by atoms with Crippen LogP contribution < -0.4 is 16.0 Å². The summed E-state index contributed by atoms with van der Waals surface area (Å²) >= 11 is 0. The molecule has 5 aromatic rings. The summed E-state index contributed by atoms with van der Waals surface area (Å²) in [5.74, 6) is -0.782. The van der Waals surface area contributed by atoms with E-state index in [-0.39, 0.29) is 30.5 Å². The molecule has 11 heteroatoms. The van der Waals surface area contributed by atoms with Gasteiger partial charge in [0, 0.05) is 55.7 Å². The number of hydrogen-bond donors (Lipinski definition) is 3. The minimum absolute atomic E-state index is 0.142. The fraction of sp³-hybridized carbons (Fsp3) is 0.333. The Labute approximate surface area is 292 Å². The second-order valence-corrected chi connectivity index (χ2v) is 11.7. The minimum atomic E-state index is -0.392. The molecule has 0 radical (unpaired) electrons. The highest BCUT2D eigenvalue weighted by molar-refractivity contribution is 5.97. The van der Waals surface area contributed by atoms with Crippen molar-refractivity contribution < 1.29 is 19.1 Å². The molecule has 1 aliphatic heterocycles. The second kappa shape index (κ2) is 17.3. The van der Waals surface area contributed by atoms with Crippen molar-refractivity contribution in [2.24, 2.45) is 0 Å². The number of nitrogens with one attached hydrogen (secondary N) is 3. The van der Waals surface area contributed by atoms with E-state index in [0.717, 1.165) is 63.8 Å². The number of pyridine rings is 2. The van der Waals surface area contributed by atoms with Crippen LogP contribution in [-0.4, -0.2) is 57.1 Å². The normalized spacial score (nSPS) is 12.9. The fourth-order valence-corrected chi connectivity index (χ4v) is 5.97. The molecule has 3 N–H and O–H groups in total. The lowest BCUT2D eigenvalue weighted by Crippen LogP contribution is -2.30. The predicted octanol–water partition coefficient (Wildman–Crippen LogP) is 6.37. The van der Waals surface area contributed by atoms with Gasteiger partial charge in [0.25, 0.3) is 11.8 Å². The summed E-state index contributed by atoms with van der Waals surface area (Å²) in [6.45, 7) is 10.7. The van der Waals surface area contributed by atoms with Crippen LogP contribution in [-0.2, 0) is 30.8 Å². The van der Waals surface area contributed by atoms with Gasteiger partial charge in [0.2, 0.25) is 0 Å². The summed E-state index contributed by atoms with van der Waals surface area (Å²) < 4.78 is 7.46. The number of nitrogens with zero attached hydrogens (tertiary/aromatic N) is 4. The lowest BCUT2D eigenvalue weighted by Gasteiger charge is -2.26. The Bertz CT molecular complexity index is 1950. The van der Waals surface area contributed by atoms with Crippen LogP contribution in [0.3, 0.4) is 0 Å². The van der Waals surface area contributed by atoms with E-state index in [1.165, 1.54) is 0 Å². The zero-order valence-corrected chi connectivity index (χ0v) is 29.2. The first-order valence-corrected chi connectivity index (χ1v) is 17.4. The molecule has 2 aromatic carbocycles. The first-order valence-electron chi connectivity index (χ1n) is 17.4. The number of anilines is 1. The number of aldehydes is 1. The molecular formula is C39H45N7O4. The van der Waals surface area contributed by atoms with Gasteiger partial charge in [-0.05, 0) is 67.1 Å². The van der Waals surface area contributed by atoms with Crippen LogP contribution in [0.2, 0.25) is 0 Å². The van der Waals surface area contributed by atoms with Crippen molar-refractivity contribution >= 4 is 34.8 Å². The Morgan fingerprint density at radius 2 is 1.54 bits per heavy atom. The molecule has 0 aliphatic carbocycles. The van der Waals surface area contributed by atoms with Gasteiger partial charge in [-0.2, -0.15) is 5.10 Å². The van der Waals surface area contributed by atoms with Crippen molar-refractivity contribution in [1.82, 2.24) is 30.4 Å². The Kier molecular flexibility index (Phi) is 12.4. The largest absolute Gasteiger partial charge is 0.381 e. The van der Waals surface area contributed by atoms with Crippen molar-refractivity contribution in [2.75, 3.05) is 18.5 Å². The third kappa shape index (κ3) is 8.41. The Morgan fingerprint density at radius 3 is 2.22 bits per heavy atom. The number of carbonyl (C=O) groups excluding carboxylic acids is 3. The van der Waals surface area contributed by atoms with E-state index >= 15 is 0 Å². The number of fused-ring (bicyclic) bond motifs is 1. The topological polar surface area (TPSA) is 140 Å². The predicted molar refractivity (Wildman–Crippen MR) is 195 cm³/mol. The molecule has 6 rings (SSSR count). The van der Waals surface area contributed by atoms with Crippen molar-refractivity contribution in [3.63, 3.8) is 0 Å². The van der Waals surface area contributed by atoms with Crippen LogP contribution in [0, 0.1) is 0 Å². The van der Waals surface area contributed by atoms with Crippen molar-refractivity contribution in [3.05, 3.63) is 107 Å². The van der Waals surface area contributed by atoms with Gasteiger partial charge in [-0.15, -0.1) is 0 Å². The number of aromatic nitrogens is 4. The monoisotopic (exact) mass is 675 g/mol. The van der Waals surface area contributed by atoms with Crippen LogP contribution in [0.5, 0.6) is 0 Å². The van der Waals surface area contributed by atoms with Gasteiger partial charge in [-0.25, -0.2) is 14.6 Å². The van der Waals surface area contributed by atoms with E-state index in [4.69, 9.17) is 9.72 Å². The molecule has 0 spiro atoms. The summed E-state index contributed by atoms with van der Waals surface area (Å²) in [6, 6.07) is 20.2. The Hall–Kier alpha value is -5.42. The van der Waals surface area contributed by atoms with E-state index in [9.17, 15) is 14.4 Å². The summed E-state index contributed by atoms with van der Waals surface area (Å²) in [7, 11) is 0. The van der Waals surface area contributed by atoms with Gasteiger partial charge in [0.15, 0.2) is 5.65 Å². The molecule has 0 atom stereocenters. The van der Waals surface area contributed by atoms with Crippen LogP contribution in [0.25, 0.3) is 22.2 Å². The first kappa shape index (κ1) is 35.9. The molecule has 2 amide bonds. The maximum absolute atomic E-state index is 13.4. The second-order valence-electron chi connectivity index (χ2n) is 11.7. The van der Waals surface area contributed by atoms with Gasteiger partial charge < -0.3 is 20.7 Å². The molecule has 0 unspecified atom stereocenters. The average Bonchev–Trinajstić information content (AvgIpc) is 3.60. The molecule has 0 bridgehead atoms. The molecule has 3 aromatic heterocycles. The van der Waals surface area contributed by atoms with Crippen molar-refractivity contribution in [1.29, 1.82) is 0 Å². The summed E-state index contributed by atoms with van der Waals surface area (Å²) in [6.07, 6.45) is 5.11. The standard InChI is InChI=1S/C37H39N7O4.C2H6/c1-3-31-29(34(41-28-14-16-48-17-15-28)30-22-40-44(4-2)35(30)43-31)21-39-37(47)33-13-7-12-32(42-33)36(46)38-20-24-8-5-10-26(18-24)27-11-6-9-25(19-27)23-45;1-2/h5-13,18-19,22-23,28H,3-4,14-17,20-21H2,1-2H3,(H,38,46)(H,39,47)(H,41,43);1-2H3. The van der Waals surface area contributed by atoms with E-state index in [1.54, 1.807) is 24.3 Å². The van der Waals surface area contributed by atoms with Crippen LogP contribution in [0.1, 0.15) is 88.7 Å². The summed E-state index contributed by atoms with van der Waals surface area (Å²) in [4.78, 5) is 47.0. The zero-order valence-electron chi connectivity index (χ0n) is 29.2. The number of benzene rings is 2. The molecule has 1 fully saturated rings. The SMILES string of the molecule is CC.CCc1nc2c(cnn2CC)c(NC2CCOCC2)c1CNC(=O)c1cccc(C(=O)NCc2cccc(-c3cccc(C=O)c3)c2)n1. The zero-order chi connectivity index (χ0) is 35.5. The summed E-state index contributed by atoms with van der Waals surface area (Å²) in [5, 5.41) is 15.1. The molecule has 0 saturated carbocycles. The average molecular weight is 676 g/mol. The molecule has 260 valence electrons. The van der Waals surface area contributed by atoms with Gasteiger partial charge in [-0.3, -0.25) is 14.4 Å². The lowest BCUT2D eigenvalue weighted by atomic mass is 10.0. The van der Waals surface area contributed by atoms with Gasteiger partial charge in [0.1, 0.15) is 17.7 Å². The quantitative estimate of drug-likeness (QED) is 0.130. The summed E-state index contributed by atoms with van der Waals surface area (Å²) in [5.41, 5.74) is 7.17. The molecule has 11 nitrogen and oxygen atoms in total. The molecule has 4 heterocycles. The highest BCUT2D eigenvalue weighted by atomic mass is 16.5. The first-order chi connectivity index (χ1) is 24.5. The highest BCUT2D eigenvalue weighted by Gasteiger charge is 2.22. The molecule has 1 aliphatic rings. The van der Waals surface area contributed by atoms with Gasteiger partial charge >= 0.3 is 0 Å². The van der Waals surface area contributed by atoms with Gasteiger partial charge in [-0.1, -0.05) is 63.2 Å². The number of hydrogen-bond acceptors (Lipinski definition) is 8. The number of aryl methyl sites for hydroxylation is 2. The van der Waals surface area contributed by atoms with Crippen LogP contribution >= 0.6 is 0 Å². The van der Waals surface area contributed by atoms with E-state index in [1.807, 2.05) is 74.1 Å². The van der Waals surface area contributed by atoms with Crippen molar-refractivity contribution in [3.8, 4) is 11.1 Å². The number of carbonyl (C=O) groups is 3. The highest BCUT2D eigenvalue weighted by Crippen LogP contribution is 2.31. The molecule has 1 saturated heterocycles. The molecular weight excluding hydrogens is 630 g/mol.